The van der Waals surface area contributed by atoms with Crippen LogP contribution in [0.3, 0.4) is 0 Å². The fourth-order valence-corrected chi connectivity index (χ4v) is 2.81. The minimum Gasteiger partial charge on any atom is -0.316 e. The highest BCUT2D eigenvalue weighted by atomic mass is 79.9. The van der Waals surface area contributed by atoms with Gasteiger partial charge < -0.3 is 5.32 Å². The average molecular weight is 232 g/mol. The van der Waals surface area contributed by atoms with Crippen molar-refractivity contribution in [1.29, 1.82) is 0 Å². The van der Waals surface area contributed by atoms with Crippen LogP contribution < -0.4 is 5.32 Å². The molecule has 0 unspecified atom stereocenters. The van der Waals surface area contributed by atoms with Gasteiger partial charge in [-0.25, -0.2) is 0 Å². The summed E-state index contributed by atoms with van der Waals surface area (Å²) < 4.78 is 1.23. The van der Waals surface area contributed by atoms with Gasteiger partial charge in [-0.2, -0.15) is 0 Å². The molecule has 1 fully saturated rings. The molecule has 1 saturated heterocycles. The summed E-state index contributed by atoms with van der Waals surface area (Å²) in [6.07, 6.45) is 1.25. The first-order valence-electron chi connectivity index (χ1n) is 3.78. The summed E-state index contributed by atoms with van der Waals surface area (Å²) in [4.78, 5) is 1.50. The zero-order valence-electron chi connectivity index (χ0n) is 6.14. The average Bonchev–Trinajstić information content (AvgIpc) is 2.27. The quantitative estimate of drug-likeness (QED) is 0.824. The van der Waals surface area contributed by atoms with Crippen LogP contribution in [0.25, 0.3) is 0 Å². The van der Waals surface area contributed by atoms with Gasteiger partial charge in [-0.3, -0.25) is 0 Å². The largest absolute Gasteiger partial charge is 0.316 e. The number of hydrogen-bond acceptors (Lipinski definition) is 2. The Morgan fingerprint density at radius 1 is 1.64 bits per heavy atom. The summed E-state index contributed by atoms with van der Waals surface area (Å²) in [5.41, 5.74) is 0. The lowest BCUT2D eigenvalue weighted by atomic mass is 9.99. The zero-order chi connectivity index (χ0) is 7.68. The van der Waals surface area contributed by atoms with Gasteiger partial charge in [0.25, 0.3) is 0 Å². The fourth-order valence-electron chi connectivity index (χ4n) is 1.24. The smallest absolute Gasteiger partial charge is 0.0285 e. The van der Waals surface area contributed by atoms with E-state index in [9.17, 15) is 0 Å². The number of thiophene rings is 1. The molecule has 1 aromatic rings. The van der Waals surface area contributed by atoms with Crippen molar-refractivity contribution < 1.29 is 0 Å². The predicted octanol–water partition coefficient (Wildman–Crippen LogP) is 2.27. The Balaban J connectivity index is 1.95. The Hall–Kier alpha value is 0.140. The normalized spacial score (nSPS) is 18.3. The van der Waals surface area contributed by atoms with Gasteiger partial charge in [0.15, 0.2) is 0 Å². The molecule has 1 aliphatic rings. The van der Waals surface area contributed by atoms with Gasteiger partial charge in [0.05, 0.1) is 0 Å². The van der Waals surface area contributed by atoms with E-state index in [0.717, 1.165) is 5.92 Å². The van der Waals surface area contributed by atoms with Crippen LogP contribution in [0.15, 0.2) is 15.9 Å². The molecule has 2 rings (SSSR count). The first kappa shape index (κ1) is 7.77. The van der Waals surface area contributed by atoms with Gasteiger partial charge in [-0.05, 0) is 47.4 Å². The molecule has 1 N–H and O–H groups in total. The predicted molar refractivity (Wildman–Crippen MR) is 52.1 cm³/mol. The van der Waals surface area contributed by atoms with Crippen LogP contribution in [0, 0.1) is 5.92 Å². The minimum atomic E-state index is 0.889. The molecule has 0 saturated carbocycles. The lowest BCUT2D eigenvalue weighted by Gasteiger charge is -2.26. The van der Waals surface area contributed by atoms with Crippen molar-refractivity contribution in [2.24, 2.45) is 5.92 Å². The lowest BCUT2D eigenvalue weighted by molar-refractivity contribution is 0.348. The van der Waals surface area contributed by atoms with Crippen LogP contribution in [-0.4, -0.2) is 13.1 Å². The minimum absolute atomic E-state index is 0.889. The first-order chi connectivity index (χ1) is 5.34. The van der Waals surface area contributed by atoms with Gasteiger partial charge in [-0.15, -0.1) is 11.3 Å². The van der Waals surface area contributed by atoms with Crippen LogP contribution in [0.5, 0.6) is 0 Å². The van der Waals surface area contributed by atoms with Crippen LogP contribution >= 0.6 is 27.3 Å². The molecule has 0 bridgehead atoms. The molecule has 1 nitrogen and oxygen atoms in total. The molecule has 2 heterocycles. The number of halogens is 1. The van der Waals surface area contributed by atoms with Gasteiger partial charge in [0.2, 0.25) is 0 Å². The van der Waals surface area contributed by atoms with E-state index in [-0.39, 0.29) is 0 Å². The molecule has 0 radical (unpaired) electrons. The van der Waals surface area contributed by atoms with Crippen molar-refractivity contribution in [3.05, 3.63) is 20.8 Å². The molecule has 1 aliphatic heterocycles. The van der Waals surface area contributed by atoms with Crippen LogP contribution in [0.2, 0.25) is 0 Å². The van der Waals surface area contributed by atoms with Crippen molar-refractivity contribution in [2.75, 3.05) is 13.1 Å². The maximum absolute atomic E-state index is 3.46. The maximum Gasteiger partial charge on any atom is 0.0285 e. The topological polar surface area (TPSA) is 12.0 Å². The van der Waals surface area contributed by atoms with E-state index in [1.807, 2.05) is 11.3 Å². The van der Waals surface area contributed by atoms with Crippen molar-refractivity contribution in [3.8, 4) is 0 Å². The molecule has 0 amide bonds. The van der Waals surface area contributed by atoms with E-state index in [0.29, 0.717) is 0 Å². The second kappa shape index (κ2) is 3.25. The molecule has 0 aliphatic carbocycles. The Morgan fingerprint density at radius 2 is 2.45 bits per heavy atom. The standard InChI is InChI=1S/C8H10BrNS/c9-7-2-8(11-5-7)1-6-3-10-4-6/h2,5-6,10H,1,3-4H2. The summed E-state index contributed by atoms with van der Waals surface area (Å²) in [6.45, 7) is 2.41. The fraction of sp³-hybridized carbons (Fsp3) is 0.500. The Morgan fingerprint density at radius 3 is 2.91 bits per heavy atom. The Labute approximate surface area is 78.9 Å². The van der Waals surface area contributed by atoms with E-state index in [1.165, 1.54) is 28.9 Å². The van der Waals surface area contributed by atoms with Crippen LogP contribution in [0.4, 0.5) is 0 Å². The third-order valence-electron chi connectivity index (χ3n) is 1.98. The second-order valence-electron chi connectivity index (χ2n) is 2.96. The Bertz CT molecular complexity index is 242. The molecule has 1 aromatic heterocycles. The van der Waals surface area contributed by atoms with Gasteiger partial charge in [-0.1, -0.05) is 0 Å². The number of hydrogen-bond donors (Lipinski definition) is 1. The van der Waals surface area contributed by atoms with E-state index >= 15 is 0 Å². The van der Waals surface area contributed by atoms with E-state index < -0.39 is 0 Å². The Kier molecular flexibility index (Phi) is 2.30. The summed E-state index contributed by atoms with van der Waals surface area (Å²) in [5.74, 6) is 0.889. The monoisotopic (exact) mass is 231 g/mol. The van der Waals surface area contributed by atoms with E-state index in [2.05, 4.69) is 32.7 Å². The van der Waals surface area contributed by atoms with Gasteiger partial charge in [0, 0.05) is 14.7 Å². The van der Waals surface area contributed by atoms with E-state index in [4.69, 9.17) is 0 Å². The summed E-state index contributed by atoms with van der Waals surface area (Å²) in [5, 5.41) is 5.44. The summed E-state index contributed by atoms with van der Waals surface area (Å²) in [7, 11) is 0. The molecular weight excluding hydrogens is 222 g/mol. The maximum atomic E-state index is 3.46. The number of nitrogens with one attached hydrogen (secondary N) is 1. The number of rotatable bonds is 2. The SMILES string of the molecule is Brc1csc(CC2CNC2)c1. The van der Waals surface area contributed by atoms with Gasteiger partial charge in [0.1, 0.15) is 0 Å². The third kappa shape index (κ3) is 1.83. The molecule has 3 heteroatoms. The van der Waals surface area contributed by atoms with Crippen molar-refractivity contribution in [1.82, 2.24) is 5.32 Å². The third-order valence-corrected chi connectivity index (χ3v) is 3.70. The zero-order valence-corrected chi connectivity index (χ0v) is 8.54. The molecule has 11 heavy (non-hydrogen) atoms. The first-order valence-corrected chi connectivity index (χ1v) is 5.45. The molecule has 60 valence electrons. The second-order valence-corrected chi connectivity index (χ2v) is 4.87. The van der Waals surface area contributed by atoms with Crippen LogP contribution in [-0.2, 0) is 6.42 Å². The molecular formula is C8H10BrNS. The van der Waals surface area contributed by atoms with Crippen molar-refractivity contribution >= 4 is 27.3 Å². The highest BCUT2D eigenvalue weighted by Gasteiger charge is 2.17. The lowest BCUT2D eigenvalue weighted by Crippen LogP contribution is -2.42. The highest BCUT2D eigenvalue weighted by molar-refractivity contribution is 9.10. The highest BCUT2D eigenvalue weighted by Crippen LogP contribution is 2.23. The molecule has 0 aromatic carbocycles. The van der Waals surface area contributed by atoms with Crippen molar-refractivity contribution in [3.63, 3.8) is 0 Å². The summed E-state index contributed by atoms with van der Waals surface area (Å²) >= 11 is 5.31. The molecule has 0 spiro atoms. The van der Waals surface area contributed by atoms with Gasteiger partial charge >= 0.3 is 0 Å². The van der Waals surface area contributed by atoms with E-state index in [1.54, 1.807) is 0 Å². The van der Waals surface area contributed by atoms with Crippen molar-refractivity contribution in [2.45, 2.75) is 6.42 Å². The summed E-state index contributed by atoms with van der Waals surface area (Å²) in [6, 6.07) is 2.23. The molecule has 0 atom stereocenters. The van der Waals surface area contributed by atoms with Crippen LogP contribution in [0.1, 0.15) is 4.88 Å².